The van der Waals surface area contributed by atoms with Gasteiger partial charge in [0.05, 0.1) is 118 Å². The van der Waals surface area contributed by atoms with E-state index in [1.165, 1.54) is 0 Å². The molecule has 2 aromatic rings. The van der Waals surface area contributed by atoms with E-state index < -0.39 is 11.7 Å². The Balaban J connectivity index is 1.02. The first kappa shape index (κ1) is 47.3. The lowest BCUT2D eigenvalue weighted by Crippen LogP contribution is -2.35. The van der Waals surface area contributed by atoms with E-state index >= 15 is 0 Å². The largest absolute Gasteiger partial charge is 0.444 e. The van der Waals surface area contributed by atoms with Gasteiger partial charge in [0.25, 0.3) is 0 Å². The van der Waals surface area contributed by atoms with Gasteiger partial charge in [-0.2, -0.15) is 0 Å². The van der Waals surface area contributed by atoms with E-state index in [0.29, 0.717) is 112 Å². The van der Waals surface area contributed by atoms with E-state index in [1.807, 2.05) is 69.3 Å². The molecule has 57 heavy (non-hydrogen) atoms. The lowest BCUT2D eigenvalue weighted by molar-refractivity contribution is -0.122. The van der Waals surface area contributed by atoms with Gasteiger partial charge in [-0.3, -0.25) is 9.59 Å². The second-order valence-corrected chi connectivity index (χ2v) is 13.6. The number of rotatable bonds is 30. The fraction of sp³-hybridized carbons (Fsp3) is 0.595. The van der Waals surface area contributed by atoms with Crippen LogP contribution in [0.25, 0.3) is 0 Å². The number of nitrogens with zero attached hydrogens (tertiary/aromatic N) is 1. The Labute approximate surface area is 337 Å². The van der Waals surface area contributed by atoms with Crippen molar-refractivity contribution in [2.24, 2.45) is 0 Å². The van der Waals surface area contributed by atoms with Crippen LogP contribution in [0.4, 0.5) is 10.5 Å². The van der Waals surface area contributed by atoms with Crippen molar-refractivity contribution in [3.63, 3.8) is 0 Å². The highest BCUT2D eigenvalue weighted by atomic mass is 16.6. The normalized spacial score (nSPS) is 12.1. The number of anilines is 1. The molecule has 1 aliphatic rings. The Morgan fingerprint density at radius 3 is 1.56 bits per heavy atom. The number of ether oxygens (including phenoxy) is 9. The minimum absolute atomic E-state index is 0.0850. The molecule has 0 bridgehead atoms. The molecule has 0 spiro atoms. The molecule has 0 aromatic heterocycles. The molecule has 0 saturated heterocycles. The van der Waals surface area contributed by atoms with Crippen LogP contribution >= 0.6 is 0 Å². The molecule has 0 unspecified atom stereocenters. The first-order valence-electron chi connectivity index (χ1n) is 19.6. The average Bonchev–Trinajstić information content (AvgIpc) is 3.17. The maximum absolute atomic E-state index is 13.3. The molecule has 3 amide bonds. The molecular weight excluding hydrogens is 738 g/mol. The van der Waals surface area contributed by atoms with Crippen LogP contribution < -0.4 is 15.5 Å². The van der Waals surface area contributed by atoms with E-state index in [9.17, 15) is 14.4 Å². The SMILES string of the molecule is CC(C)(C)OC(=O)NCCOCCOCCOCCOCCOCCOCCOCCOCCC(=O)NCCC(=O)N1Cc2ccccc2C#Cc2ccccc21. The number of hydrogen-bond donors (Lipinski definition) is 2. The molecule has 0 radical (unpaired) electrons. The van der Waals surface area contributed by atoms with Gasteiger partial charge in [0.2, 0.25) is 11.8 Å². The van der Waals surface area contributed by atoms with Gasteiger partial charge in [0.1, 0.15) is 5.60 Å². The van der Waals surface area contributed by atoms with Gasteiger partial charge >= 0.3 is 6.09 Å². The number of carbonyl (C=O) groups excluding carboxylic acids is 3. The molecule has 2 aromatic carbocycles. The van der Waals surface area contributed by atoms with E-state index in [4.69, 9.17) is 42.6 Å². The summed E-state index contributed by atoms with van der Waals surface area (Å²) in [5.74, 6) is 6.15. The van der Waals surface area contributed by atoms with Crippen molar-refractivity contribution in [1.29, 1.82) is 0 Å². The van der Waals surface area contributed by atoms with Crippen LogP contribution in [-0.2, 0) is 58.8 Å². The summed E-state index contributed by atoms with van der Waals surface area (Å²) in [4.78, 5) is 38.9. The Hall–Kier alpha value is -4.11. The summed E-state index contributed by atoms with van der Waals surface area (Å²) in [6, 6.07) is 15.4. The van der Waals surface area contributed by atoms with Crippen molar-refractivity contribution in [1.82, 2.24) is 10.6 Å². The van der Waals surface area contributed by atoms with Gasteiger partial charge in [-0.1, -0.05) is 42.2 Å². The number of fused-ring (bicyclic) bond motifs is 2. The minimum atomic E-state index is -0.522. The molecule has 316 valence electrons. The van der Waals surface area contributed by atoms with Gasteiger partial charge in [0.15, 0.2) is 0 Å². The predicted octanol–water partition coefficient (Wildman–Crippen LogP) is 3.49. The fourth-order valence-corrected chi connectivity index (χ4v) is 5.09. The van der Waals surface area contributed by atoms with Crippen molar-refractivity contribution in [3.05, 3.63) is 65.2 Å². The molecule has 0 saturated carbocycles. The molecule has 0 atom stereocenters. The molecule has 0 fully saturated rings. The van der Waals surface area contributed by atoms with Crippen LogP contribution in [0.1, 0.15) is 50.3 Å². The topological polar surface area (TPSA) is 162 Å². The molecule has 2 N–H and O–H groups in total. The van der Waals surface area contributed by atoms with Crippen LogP contribution in [0.5, 0.6) is 0 Å². The van der Waals surface area contributed by atoms with Crippen LogP contribution in [0.3, 0.4) is 0 Å². The summed E-state index contributed by atoms with van der Waals surface area (Å²) >= 11 is 0. The van der Waals surface area contributed by atoms with Crippen LogP contribution in [0, 0.1) is 11.8 Å². The highest BCUT2D eigenvalue weighted by molar-refractivity contribution is 5.95. The molecule has 15 nitrogen and oxygen atoms in total. The van der Waals surface area contributed by atoms with Crippen molar-refractivity contribution in [2.75, 3.05) is 124 Å². The van der Waals surface area contributed by atoms with Crippen LogP contribution in [-0.4, -0.2) is 142 Å². The molecule has 3 rings (SSSR count). The molecule has 1 heterocycles. The Morgan fingerprint density at radius 1 is 0.561 bits per heavy atom. The zero-order valence-electron chi connectivity index (χ0n) is 33.8. The summed E-state index contributed by atoms with van der Waals surface area (Å²) in [6.07, 6.45) is -0.0979. The lowest BCUT2D eigenvalue weighted by Gasteiger charge is -2.26. The molecule has 0 aliphatic carbocycles. The van der Waals surface area contributed by atoms with Crippen molar-refractivity contribution in [2.45, 2.75) is 45.8 Å². The summed E-state index contributed by atoms with van der Waals surface area (Å²) < 4.78 is 48.9. The number of para-hydroxylation sites is 1. The summed E-state index contributed by atoms with van der Waals surface area (Å²) in [7, 11) is 0. The van der Waals surface area contributed by atoms with Crippen LogP contribution in [0.2, 0.25) is 0 Å². The minimum Gasteiger partial charge on any atom is -0.444 e. The Morgan fingerprint density at radius 2 is 1.02 bits per heavy atom. The summed E-state index contributed by atoms with van der Waals surface area (Å²) in [6.45, 7) is 13.3. The molecule has 1 aliphatic heterocycles. The van der Waals surface area contributed by atoms with Gasteiger partial charge in [-0.25, -0.2) is 4.79 Å². The second kappa shape index (κ2) is 29.2. The van der Waals surface area contributed by atoms with Crippen molar-refractivity contribution >= 4 is 23.6 Å². The maximum atomic E-state index is 13.3. The monoisotopic (exact) mass is 799 g/mol. The highest BCUT2D eigenvalue weighted by Crippen LogP contribution is 2.25. The second-order valence-electron chi connectivity index (χ2n) is 13.6. The first-order chi connectivity index (χ1) is 27.7. The van der Waals surface area contributed by atoms with Crippen LogP contribution in [0.15, 0.2) is 48.5 Å². The zero-order valence-corrected chi connectivity index (χ0v) is 33.8. The number of nitrogens with one attached hydrogen (secondary N) is 2. The number of carbonyl (C=O) groups is 3. The Kier molecular flexibility index (Phi) is 24.2. The van der Waals surface area contributed by atoms with Gasteiger partial charge in [0, 0.05) is 37.1 Å². The van der Waals surface area contributed by atoms with Gasteiger partial charge < -0.3 is 58.2 Å². The van der Waals surface area contributed by atoms with E-state index in [0.717, 1.165) is 22.4 Å². The third-order valence-corrected chi connectivity index (χ3v) is 7.83. The van der Waals surface area contributed by atoms with E-state index in [1.54, 1.807) is 4.90 Å². The number of alkyl carbamates (subject to hydrolysis) is 1. The van der Waals surface area contributed by atoms with Crippen molar-refractivity contribution in [3.8, 4) is 11.8 Å². The standard InChI is InChI=1S/C42H61N3O12/c1-42(2,3)57-41(48)44-17-19-50-21-23-52-25-27-54-29-31-56-33-32-55-30-28-53-26-24-51-22-20-49-18-15-39(46)43-16-14-40(47)45-34-37-10-5-4-8-35(37)12-13-36-9-6-7-11-38(36)45/h4-11H,14-34H2,1-3H3,(H,43,46)(H,44,48). The lowest BCUT2D eigenvalue weighted by atomic mass is 10.0. The Bertz CT molecular complexity index is 1510. The number of amides is 3. The van der Waals surface area contributed by atoms with E-state index in [2.05, 4.69) is 22.5 Å². The predicted molar refractivity (Wildman–Crippen MR) is 213 cm³/mol. The average molecular weight is 800 g/mol. The summed E-state index contributed by atoms with van der Waals surface area (Å²) in [5.41, 5.74) is 2.93. The molecular formula is C42H61N3O12. The van der Waals surface area contributed by atoms with Gasteiger partial charge in [-0.05, 0) is 44.5 Å². The maximum Gasteiger partial charge on any atom is 0.407 e. The first-order valence-corrected chi connectivity index (χ1v) is 19.6. The quantitative estimate of drug-likeness (QED) is 0.0876. The van der Waals surface area contributed by atoms with E-state index in [-0.39, 0.29) is 37.8 Å². The summed E-state index contributed by atoms with van der Waals surface area (Å²) in [5, 5.41) is 5.44. The number of benzene rings is 2. The highest BCUT2D eigenvalue weighted by Gasteiger charge is 2.21. The van der Waals surface area contributed by atoms with Gasteiger partial charge in [-0.15, -0.1) is 0 Å². The third kappa shape index (κ3) is 22.4. The zero-order chi connectivity index (χ0) is 40.8. The smallest absolute Gasteiger partial charge is 0.407 e. The number of hydrogen-bond acceptors (Lipinski definition) is 12. The third-order valence-electron chi connectivity index (χ3n) is 7.83. The fourth-order valence-electron chi connectivity index (χ4n) is 5.09. The molecule has 15 heteroatoms. The van der Waals surface area contributed by atoms with Crippen molar-refractivity contribution < 1.29 is 57.0 Å².